The van der Waals surface area contributed by atoms with Crippen LogP contribution in [0.15, 0.2) is 41.7 Å². The molecule has 0 atom stereocenters. The van der Waals surface area contributed by atoms with E-state index in [-0.39, 0.29) is 23.4 Å². The van der Waals surface area contributed by atoms with Gasteiger partial charge in [0.15, 0.2) is 11.4 Å². The van der Waals surface area contributed by atoms with Gasteiger partial charge in [0.25, 0.3) is 0 Å². The number of piperazine rings is 1. The first kappa shape index (κ1) is 25.3. The topological polar surface area (TPSA) is 114 Å². The Morgan fingerprint density at radius 3 is 2.68 bits per heavy atom. The van der Waals surface area contributed by atoms with Gasteiger partial charge in [-0.25, -0.2) is 8.42 Å². The molecule has 1 aromatic carbocycles. The minimum atomic E-state index is -3.51. The van der Waals surface area contributed by atoms with Gasteiger partial charge in [0.2, 0.25) is 15.9 Å². The third kappa shape index (κ3) is 5.82. The second-order valence-corrected chi connectivity index (χ2v) is 11.9. The largest absolute Gasteiger partial charge is 0.365 e. The highest BCUT2D eigenvalue weighted by atomic mass is 32.2. The molecule has 0 radical (unpaired) electrons. The van der Waals surface area contributed by atoms with E-state index in [4.69, 9.17) is 4.52 Å². The van der Waals surface area contributed by atoms with Crippen molar-refractivity contribution in [2.24, 2.45) is 5.92 Å². The van der Waals surface area contributed by atoms with E-state index in [2.05, 4.69) is 26.5 Å². The first-order chi connectivity index (χ1) is 17.8. The highest BCUT2D eigenvalue weighted by molar-refractivity contribution is 7.92. The van der Waals surface area contributed by atoms with Gasteiger partial charge in [0.1, 0.15) is 0 Å². The molecule has 2 aliphatic rings. The van der Waals surface area contributed by atoms with Crippen LogP contribution in [0.3, 0.4) is 0 Å². The van der Waals surface area contributed by atoms with Gasteiger partial charge in [0.05, 0.1) is 29.6 Å². The fourth-order valence-electron chi connectivity index (χ4n) is 5.46. The molecule has 3 heterocycles. The monoisotopic (exact) mass is 526 g/mol. The minimum absolute atomic E-state index is 0.0336. The van der Waals surface area contributed by atoms with Gasteiger partial charge in [-0.1, -0.05) is 37.1 Å². The first-order valence-electron chi connectivity index (χ1n) is 12.9. The second kappa shape index (κ2) is 10.6. The summed E-state index contributed by atoms with van der Waals surface area (Å²) in [6.07, 6.45) is 10.5. The summed E-state index contributed by atoms with van der Waals surface area (Å²) in [5.41, 5.74) is 3.42. The molecule has 1 N–H and O–H groups in total. The standard InChI is InChI=1S/C26H34N6O4S/c1-3-24(33)31-11-9-30(10-12-31)22-15-27-32(17-22)16-21-13-19(2)25-23(14-21)36-28-26(25)29-37(34,35)18-20-7-5-4-6-8-20/h3,13-15,17,20H,1,4-12,16,18H2,2H3,(H,28,29). The molecule has 2 fully saturated rings. The van der Waals surface area contributed by atoms with Gasteiger partial charge >= 0.3 is 0 Å². The van der Waals surface area contributed by atoms with E-state index in [0.717, 1.165) is 55.6 Å². The zero-order valence-electron chi connectivity index (χ0n) is 21.2. The van der Waals surface area contributed by atoms with Gasteiger partial charge < -0.3 is 14.3 Å². The van der Waals surface area contributed by atoms with E-state index in [9.17, 15) is 13.2 Å². The van der Waals surface area contributed by atoms with Crippen molar-refractivity contribution in [3.8, 4) is 0 Å². The van der Waals surface area contributed by atoms with E-state index in [0.29, 0.717) is 30.6 Å². The van der Waals surface area contributed by atoms with Crippen LogP contribution in [0.1, 0.15) is 43.2 Å². The van der Waals surface area contributed by atoms with Crippen LogP contribution >= 0.6 is 0 Å². The average molecular weight is 527 g/mol. The number of benzene rings is 1. The molecule has 0 spiro atoms. The van der Waals surface area contributed by atoms with Crippen molar-refractivity contribution in [3.05, 3.63) is 48.3 Å². The molecule has 37 heavy (non-hydrogen) atoms. The number of carbonyl (C=O) groups excluding carboxylic acids is 1. The first-order valence-corrected chi connectivity index (χ1v) is 14.5. The van der Waals surface area contributed by atoms with E-state index >= 15 is 0 Å². The molecule has 3 aromatic rings. The van der Waals surface area contributed by atoms with Crippen LogP contribution in [0.2, 0.25) is 0 Å². The van der Waals surface area contributed by atoms with Crippen molar-refractivity contribution in [2.75, 3.05) is 41.6 Å². The van der Waals surface area contributed by atoms with Crippen molar-refractivity contribution in [1.29, 1.82) is 0 Å². The Balaban J connectivity index is 1.25. The van der Waals surface area contributed by atoms with Crippen LogP contribution in [0.5, 0.6) is 0 Å². The predicted octanol–water partition coefficient (Wildman–Crippen LogP) is 3.54. The summed E-state index contributed by atoms with van der Waals surface area (Å²) in [7, 11) is -3.51. The third-order valence-corrected chi connectivity index (χ3v) is 8.77. The van der Waals surface area contributed by atoms with E-state index < -0.39 is 10.0 Å². The minimum Gasteiger partial charge on any atom is -0.365 e. The summed E-state index contributed by atoms with van der Waals surface area (Å²) >= 11 is 0. The number of anilines is 2. The molecule has 0 unspecified atom stereocenters. The molecular formula is C26H34N6O4S. The van der Waals surface area contributed by atoms with Crippen molar-refractivity contribution in [3.63, 3.8) is 0 Å². The number of sulfonamides is 1. The van der Waals surface area contributed by atoms with E-state index in [1.165, 1.54) is 12.5 Å². The lowest BCUT2D eigenvalue weighted by Gasteiger charge is -2.34. The second-order valence-electron chi connectivity index (χ2n) is 10.1. The van der Waals surface area contributed by atoms with Crippen molar-refractivity contribution in [1.82, 2.24) is 19.8 Å². The predicted molar refractivity (Wildman–Crippen MR) is 143 cm³/mol. The Kier molecular flexibility index (Phi) is 7.23. The molecule has 1 aliphatic carbocycles. The van der Waals surface area contributed by atoms with Crippen LogP contribution in [-0.2, 0) is 21.4 Å². The lowest BCUT2D eigenvalue weighted by Crippen LogP contribution is -2.48. The molecule has 1 saturated heterocycles. The molecule has 10 nitrogen and oxygen atoms in total. The van der Waals surface area contributed by atoms with E-state index in [1.54, 1.807) is 4.90 Å². The number of hydrogen-bond donors (Lipinski definition) is 1. The maximum absolute atomic E-state index is 12.8. The molecule has 2 aromatic heterocycles. The fraction of sp³-hybridized carbons (Fsp3) is 0.500. The van der Waals surface area contributed by atoms with Gasteiger partial charge in [-0.15, -0.1) is 0 Å². The Morgan fingerprint density at radius 1 is 1.19 bits per heavy atom. The van der Waals surface area contributed by atoms with Crippen molar-refractivity contribution in [2.45, 2.75) is 45.6 Å². The summed E-state index contributed by atoms with van der Waals surface area (Å²) in [5.74, 6) is 0.549. The number of nitrogens with zero attached hydrogens (tertiary/aromatic N) is 5. The third-order valence-electron chi connectivity index (χ3n) is 7.36. The molecule has 5 rings (SSSR count). The number of nitrogens with one attached hydrogen (secondary N) is 1. The summed E-state index contributed by atoms with van der Waals surface area (Å²) in [4.78, 5) is 15.8. The maximum Gasteiger partial charge on any atom is 0.246 e. The smallest absolute Gasteiger partial charge is 0.246 e. The Hall–Kier alpha value is -3.34. The quantitative estimate of drug-likeness (QED) is 0.447. The van der Waals surface area contributed by atoms with Crippen LogP contribution in [0, 0.1) is 12.8 Å². The summed E-state index contributed by atoms with van der Waals surface area (Å²) in [5, 5.41) is 9.24. The number of aryl methyl sites for hydroxylation is 1. The SMILES string of the molecule is C=CC(=O)N1CCN(c2cnn(Cc3cc(C)c4c(NS(=O)(=O)CC5CCCCC5)noc4c3)c2)CC1. The Bertz CT molecular complexity index is 1380. The normalized spacial score (nSPS) is 17.3. The van der Waals surface area contributed by atoms with E-state index in [1.807, 2.05) is 36.1 Å². The molecule has 1 saturated carbocycles. The summed E-state index contributed by atoms with van der Waals surface area (Å²) in [6.45, 7) is 8.83. The molecule has 11 heteroatoms. The molecule has 1 aliphatic heterocycles. The van der Waals surface area contributed by atoms with Gasteiger partial charge in [0, 0.05) is 32.4 Å². The van der Waals surface area contributed by atoms with Gasteiger partial charge in [-0.2, -0.15) is 5.10 Å². The zero-order chi connectivity index (χ0) is 26.0. The number of aromatic nitrogens is 3. The molecule has 0 bridgehead atoms. The van der Waals surface area contributed by atoms with Crippen LogP contribution in [0.25, 0.3) is 11.0 Å². The highest BCUT2D eigenvalue weighted by Gasteiger charge is 2.24. The van der Waals surface area contributed by atoms with Gasteiger partial charge in [-0.05, 0) is 49.0 Å². The zero-order valence-corrected chi connectivity index (χ0v) is 22.0. The number of hydrogen-bond acceptors (Lipinski definition) is 7. The van der Waals surface area contributed by atoms with Crippen molar-refractivity contribution >= 4 is 38.4 Å². The van der Waals surface area contributed by atoms with Crippen LogP contribution in [0.4, 0.5) is 11.5 Å². The van der Waals surface area contributed by atoms with Gasteiger partial charge in [-0.3, -0.25) is 14.2 Å². The Morgan fingerprint density at radius 2 is 1.95 bits per heavy atom. The molecule has 198 valence electrons. The van der Waals surface area contributed by atoms with Crippen molar-refractivity contribution < 1.29 is 17.7 Å². The molecular weight excluding hydrogens is 492 g/mol. The summed E-state index contributed by atoms with van der Waals surface area (Å²) in [6, 6.07) is 3.90. The average Bonchev–Trinajstić information content (AvgIpc) is 3.51. The number of rotatable bonds is 8. The van der Waals surface area contributed by atoms with Crippen LogP contribution < -0.4 is 9.62 Å². The highest BCUT2D eigenvalue weighted by Crippen LogP contribution is 2.30. The summed E-state index contributed by atoms with van der Waals surface area (Å²) < 4.78 is 35.7. The maximum atomic E-state index is 12.8. The van der Waals surface area contributed by atoms with Crippen LogP contribution in [-0.4, -0.2) is 66.1 Å². The lowest BCUT2D eigenvalue weighted by atomic mass is 9.91. The number of carbonyl (C=O) groups is 1. The number of fused-ring (bicyclic) bond motifs is 1. The fourth-order valence-corrected chi connectivity index (χ4v) is 6.93. The molecule has 1 amide bonds. The Labute approximate surface area is 217 Å². The number of amides is 1. The lowest BCUT2D eigenvalue weighted by molar-refractivity contribution is -0.126.